The fraction of sp³-hybridized carbons (Fsp3) is 0.500. The topological polar surface area (TPSA) is 72.6 Å². The van der Waals surface area contributed by atoms with E-state index in [0.717, 1.165) is 5.56 Å². The van der Waals surface area contributed by atoms with E-state index in [1.807, 2.05) is 30.3 Å². The predicted molar refractivity (Wildman–Crippen MR) is 107 cm³/mol. The Balaban J connectivity index is 1.79. The molecule has 0 radical (unpaired) electrons. The summed E-state index contributed by atoms with van der Waals surface area (Å²) < 4.78 is 10.8. The smallest absolute Gasteiger partial charge is 0.306 e. The van der Waals surface area contributed by atoms with Gasteiger partial charge in [0.05, 0.1) is 12.6 Å². The van der Waals surface area contributed by atoms with Gasteiger partial charge in [0, 0.05) is 25.1 Å². The highest BCUT2D eigenvalue weighted by Gasteiger charge is 2.18. The maximum atomic E-state index is 12.4. The number of hydrogen-bond acceptors (Lipinski definition) is 5. The van der Waals surface area contributed by atoms with Crippen molar-refractivity contribution in [2.24, 2.45) is 11.8 Å². The van der Waals surface area contributed by atoms with Gasteiger partial charge in [-0.05, 0) is 11.8 Å². The van der Waals surface area contributed by atoms with E-state index in [1.165, 1.54) is 0 Å². The van der Waals surface area contributed by atoms with Gasteiger partial charge in [-0.1, -0.05) is 58.0 Å². The van der Waals surface area contributed by atoms with Gasteiger partial charge in [-0.3, -0.25) is 9.59 Å². The van der Waals surface area contributed by atoms with Crippen LogP contribution in [0.25, 0.3) is 11.3 Å². The fourth-order valence-electron chi connectivity index (χ4n) is 2.84. The Bertz CT molecular complexity index is 743. The molecule has 0 spiro atoms. The number of aromatic nitrogens is 1. The molecule has 2 aromatic rings. The Kier molecular flexibility index (Phi) is 8.23. The molecule has 0 fully saturated rings. The Hall–Kier alpha value is -2.63. The molecule has 1 aromatic heterocycles. The van der Waals surface area contributed by atoms with Gasteiger partial charge in [-0.25, -0.2) is 4.98 Å². The number of hydrogen-bond donors (Lipinski definition) is 0. The maximum Gasteiger partial charge on any atom is 0.306 e. The molecule has 6 nitrogen and oxygen atoms in total. The van der Waals surface area contributed by atoms with Crippen LogP contribution in [0.5, 0.6) is 0 Å². The minimum absolute atomic E-state index is 0.121. The van der Waals surface area contributed by atoms with Crippen LogP contribution in [0, 0.1) is 11.8 Å². The average molecular weight is 386 g/mol. The molecule has 1 aromatic carbocycles. The minimum Gasteiger partial charge on any atom is -0.456 e. The number of nitrogens with zero attached hydrogens (tertiary/aromatic N) is 2. The van der Waals surface area contributed by atoms with Crippen molar-refractivity contribution in [3.8, 4) is 11.3 Å². The van der Waals surface area contributed by atoms with E-state index in [2.05, 4.69) is 32.7 Å². The molecule has 28 heavy (non-hydrogen) atoms. The van der Waals surface area contributed by atoms with Crippen molar-refractivity contribution in [1.82, 2.24) is 9.88 Å². The van der Waals surface area contributed by atoms with Crippen molar-refractivity contribution in [1.29, 1.82) is 0 Å². The summed E-state index contributed by atoms with van der Waals surface area (Å²) in [5, 5.41) is 0. The highest BCUT2D eigenvalue weighted by Crippen LogP contribution is 2.20. The number of carbonyl (C=O) groups is 2. The molecule has 0 saturated carbocycles. The molecule has 1 heterocycles. The van der Waals surface area contributed by atoms with Crippen molar-refractivity contribution in [3.05, 3.63) is 42.4 Å². The highest BCUT2D eigenvalue weighted by molar-refractivity contribution is 5.80. The number of aryl methyl sites for hydroxylation is 1. The first-order chi connectivity index (χ1) is 13.3. The van der Waals surface area contributed by atoms with Crippen LogP contribution in [-0.2, 0) is 20.7 Å². The zero-order chi connectivity index (χ0) is 20.5. The molecular weight excluding hydrogens is 356 g/mol. The van der Waals surface area contributed by atoms with Gasteiger partial charge in [0.1, 0.15) is 0 Å². The SMILES string of the molecule is CC(C)CN(CC(C)C)C(=O)COC(=O)CCc1ncc(-c2ccccc2)o1. The van der Waals surface area contributed by atoms with E-state index in [0.29, 0.717) is 43.0 Å². The summed E-state index contributed by atoms with van der Waals surface area (Å²) in [4.78, 5) is 30.3. The summed E-state index contributed by atoms with van der Waals surface area (Å²) in [6.07, 6.45) is 2.10. The molecule has 0 aliphatic heterocycles. The highest BCUT2D eigenvalue weighted by atomic mass is 16.5. The molecule has 0 unspecified atom stereocenters. The number of oxazole rings is 1. The zero-order valence-electron chi connectivity index (χ0n) is 17.2. The van der Waals surface area contributed by atoms with Crippen molar-refractivity contribution in [2.45, 2.75) is 40.5 Å². The number of ether oxygens (including phenoxy) is 1. The van der Waals surface area contributed by atoms with Crippen LogP contribution in [0.15, 0.2) is 40.9 Å². The lowest BCUT2D eigenvalue weighted by atomic mass is 10.1. The Labute approximate surface area is 166 Å². The largest absolute Gasteiger partial charge is 0.456 e. The van der Waals surface area contributed by atoms with Crippen LogP contribution in [-0.4, -0.2) is 41.5 Å². The van der Waals surface area contributed by atoms with Gasteiger partial charge in [0.15, 0.2) is 18.3 Å². The van der Waals surface area contributed by atoms with Crippen LogP contribution in [0.4, 0.5) is 0 Å². The molecule has 6 heteroatoms. The number of rotatable bonds is 10. The first-order valence-corrected chi connectivity index (χ1v) is 9.78. The van der Waals surface area contributed by atoms with Crippen LogP contribution < -0.4 is 0 Å². The van der Waals surface area contributed by atoms with Crippen LogP contribution in [0.1, 0.15) is 40.0 Å². The second kappa shape index (κ2) is 10.6. The first kappa shape index (κ1) is 21.7. The Morgan fingerprint density at radius 2 is 1.71 bits per heavy atom. The van der Waals surface area contributed by atoms with E-state index in [-0.39, 0.29) is 18.9 Å². The maximum absolute atomic E-state index is 12.4. The van der Waals surface area contributed by atoms with Crippen LogP contribution in [0.3, 0.4) is 0 Å². The number of amides is 1. The fourth-order valence-corrected chi connectivity index (χ4v) is 2.84. The van der Waals surface area contributed by atoms with Gasteiger partial charge in [0.25, 0.3) is 5.91 Å². The first-order valence-electron chi connectivity index (χ1n) is 9.78. The second-order valence-corrected chi connectivity index (χ2v) is 7.73. The van der Waals surface area contributed by atoms with Gasteiger partial charge in [0.2, 0.25) is 0 Å². The normalized spacial score (nSPS) is 11.1. The molecule has 0 aliphatic rings. The van der Waals surface area contributed by atoms with Crippen molar-refractivity contribution in [2.75, 3.05) is 19.7 Å². The average Bonchev–Trinajstić information content (AvgIpc) is 3.13. The molecule has 2 rings (SSSR count). The molecule has 0 aliphatic carbocycles. The summed E-state index contributed by atoms with van der Waals surface area (Å²) in [5.74, 6) is 1.28. The van der Waals surface area contributed by atoms with Gasteiger partial charge < -0.3 is 14.1 Å². The van der Waals surface area contributed by atoms with E-state index in [4.69, 9.17) is 9.15 Å². The standard InChI is InChI=1S/C22H30N2O4/c1-16(2)13-24(14-17(3)4)21(25)15-27-22(26)11-10-20-23-12-19(28-20)18-8-6-5-7-9-18/h5-9,12,16-17H,10-11,13-15H2,1-4H3. The Morgan fingerprint density at radius 3 is 2.32 bits per heavy atom. The summed E-state index contributed by atoms with van der Waals surface area (Å²) in [6.45, 7) is 9.35. The molecule has 0 bridgehead atoms. The molecule has 0 N–H and O–H groups in total. The third-order valence-electron chi connectivity index (χ3n) is 4.04. The van der Waals surface area contributed by atoms with Gasteiger partial charge >= 0.3 is 5.97 Å². The third-order valence-corrected chi connectivity index (χ3v) is 4.04. The van der Waals surface area contributed by atoms with Crippen molar-refractivity contribution < 1.29 is 18.7 Å². The lowest BCUT2D eigenvalue weighted by molar-refractivity contribution is -0.152. The van der Waals surface area contributed by atoms with E-state index in [1.54, 1.807) is 11.1 Å². The van der Waals surface area contributed by atoms with Gasteiger partial charge in [-0.2, -0.15) is 0 Å². The summed E-state index contributed by atoms with van der Waals surface area (Å²) in [6, 6.07) is 9.65. The lowest BCUT2D eigenvalue weighted by Gasteiger charge is -2.26. The van der Waals surface area contributed by atoms with Crippen molar-refractivity contribution in [3.63, 3.8) is 0 Å². The van der Waals surface area contributed by atoms with Crippen LogP contribution >= 0.6 is 0 Å². The van der Waals surface area contributed by atoms with Crippen molar-refractivity contribution >= 4 is 11.9 Å². The number of carbonyl (C=O) groups excluding carboxylic acids is 2. The third kappa shape index (κ3) is 7.18. The number of esters is 1. The minimum atomic E-state index is -0.429. The van der Waals surface area contributed by atoms with Gasteiger partial charge in [-0.15, -0.1) is 0 Å². The quantitative estimate of drug-likeness (QED) is 0.578. The van der Waals surface area contributed by atoms with E-state index >= 15 is 0 Å². The zero-order valence-corrected chi connectivity index (χ0v) is 17.2. The molecule has 152 valence electrons. The van der Waals surface area contributed by atoms with Crippen LogP contribution in [0.2, 0.25) is 0 Å². The second-order valence-electron chi connectivity index (χ2n) is 7.73. The van der Waals surface area contributed by atoms with E-state index < -0.39 is 5.97 Å². The molecule has 0 atom stereocenters. The van der Waals surface area contributed by atoms with E-state index in [9.17, 15) is 9.59 Å². The molecule has 1 amide bonds. The monoisotopic (exact) mass is 386 g/mol. The number of benzene rings is 1. The summed E-state index contributed by atoms with van der Waals surface area (Å²) >= 11 is 0. The summed E-state index contributed by atoms with van der Waals surface area (Å²) in [7, 11) is 0. The predicted octanol–water partition coefficient (Wildman–Crippen LogP) is 3.96. The lowest BCUT2D eigenvalue weighted by Crippen LogP contribution is -2.39. The molecule has 0 saturated heterocycles. The molecular formula is C22H30N2O4. The Morgan fingerprint density at radius 1 is 1.07 bits per heavy atom. The summed E-state index contributed by atoms with van der Waals surface area (Å²) in [5.41, 5.74) is 0.935.